The number of carbonyl (C=O) groups is 1. The van der Waals surface area contributed by atoms with Gasteiger partial charge in [0.05, 0.1) is 6.10 Å². The highest BCUT2D eigenvalue weighted by Gasteiger charge is 2.29. The highest BCUT2D eigenvalue weighted by molar-refractivity contribution is 5.90. The SMILES string of the molecule is CCO[C@H](C[C@@]1(C)C=CC(=O)CC1)c1ccccc1. The molecule has 0 radical (unpaired) electrons. The Bertz CT molecular complexity index is 450. The van der Waals surface area contributed by atoms with Gasteiger partial charge >= 0.3 is 0 Å². The second-order valence-electron chi connectivity index (χ2n) is 5.51. The maximum Gasteiger partial charge on any atom is 0.155 e. The highest BCUT2D eigenvalue weighted by Crippen LogP contribution is 2.39. The molecule has 1 aliphatic carbocycles. The summed E-state index contributed by atoms with van der Waals surface area (Å²) in [6, 6.07) is 10.3. The molecule has 0 fully saturated rings. The Kier molecular flexibility index (Phi) is 4.54. The molecule has 2 rings (SSSR count). The molecule has 0 saturated heterocycles. The fraction of sp³-hybridized carbons (Fsp3) is 0.471. The minimum absolute atomic E-state index is 0.0591. The third-order valence-electron chi connectivity index (χ3n) is 3.81. The number of ether oxygens (including phenoxy) is 1. The number of hydrogen-bond acceptors (Lipinski definition) is 2. The van der Waals surface area contributed by atoms with Crippen LogP contribution < -0.4 is 0 Å². The summed E-state index contributed by atoms with van der Waals surface area (Å²) in [7, 11) is 0. The molecule has 1 aliphatic rings. The summed E-state index contributed by atoms with van der Waals surface area (Å²) in [4.78, 5) is 11.3. The van der Waals surface area contributed by atoms with Gasteiger partial charge in [0.25, 0.3) is 0 Å². The molecule has 0 aliphatic heterocycles. The Morgan fingerprint density at radius 1 is 1.32 bits per heavy atom. The van der Waals surface area contributed by atoms with Crippen LogP contribution in [-0.4, -0.2) is 12.4 Å². The van der Waals surface area contributed by atoms with Crippen molar-refractivity contribution in [3.05, 3.63) is 48.0 Å². The maximum absolute atomic E-state index is 11.3. The van der Waals surface area contributed by atoms with Crippen LogP contribution in [0, 0.1) is 5.41 Å². The Balaban J connectivity index is 2.13. The van der Waals surface area contributed by atoms with Crippen LogP contribution in [0.15, 0.2) is 42.5 Å². The van der Waals surface area contributed by atoms with Crippen LogP contribution in [0.1, 0.15) is 44.8 Å². The Hall–Kier alpha value is -1.41. The lowest BCUT2D eigenvalue weighted by Gasteiger charge is -2.32. The quantitative estimate of drug-likeness (QED) is 0.795. The molecular formula is C17H22O2. The molecule has 0 heterocycles. The van der Waals surface area contributed by atoms with Gasteiger partial charge in [-0.3, -0.25) is 4.79 Å². The van der Waals surface area contributed by atoms with Gasteiger partial charge in [-0.05, 0) is 36.8 Å². The first kappa shape index (κ1) is 14.0. The molecule has 2 nitrogen and oxygen atoms in total. The normalized spacial score (nSPS) is 24.4. The van der Waals surface area contributed by atoms with Gasteiger partial charge in [-0.15, -0.1) is 0 Å². The fourth-order valence-electron chi connectivity index (χ4n) is 2.61. The lowest BCUT2D eigenvalue weighted by atomic mass is 9.75. The van der Waals surface area contributed by atoms with E-state index < -0.39 is 0 Å². The van der Waals surface area contributed by atoms with Crippen LogP contribution in [0.3, 0.4) is 0 Å². The molecule has 2 heteroatoms. The zero-order valence-electron chi connectivity index (χ0n) is 11.8. The summed E-state index contributed by atoms with van der Waals surface area (Å²) in [5.74, 6) is 0.241. The van der Waals surface area contributed by atoms with E-state index >= 15 is 0 Å². The molecule has 102 valence electrons. The summed E-state index contributed by atoms with van der Waals surface area (Å²) >= 11 is 0. The van der Waals surface area contributed by atoms with E-state index in [1.807, 2.05) is 25.1 Å². The second kappa shape index (κ2) is 6.16. The fourth-order valence-corrected chi connectivity index (χ4v) is 2.61. The standard InChI is InChI=1S/C17H22O2/c1-3-19-16(14-7-5-4-6-8-14)13-17(2)11-9-15(18)10-12-17/h4-9,11,16H,3,10,12-13H2,1-2H3/t16-,17+/m1/s1. The van der Waals surface area contributed by atoms with E-state index in [0.717, 1.165) is 12.8 Å². The minimum Gasteiger partial charge on any atom is -0.374 e. The molecule has 0 amide bonds. The topological polar surface area (TPSA) is 26.3 Å². The van der Waals surface area contributed by atoms with Crippen molar-refractivity contribution in [2.45, 2.75) is 39.2 Å². The maximum atomic E-state index is 11.3. The smallest absolute Gasteiger partial charge is 0.155 e. The third-order valence-corrected chi connectivity index (χ3v) is 3.81. The second-order valence-corrected chi connectivity index (χ2v) is 5.51. The van der Waals surface area contributed by atoms with Crippen LogP contribution >= 0.6 is 0 Å². The highest BCUT2D eigenvalue weighted by atomic mass is 16.5. The molecule has 0 saturated carbocycles. The first-order valence-corrected chi connectivity index (χ1v) is 7.01. The third kappa shape index (κ3) is 3.77. The largest absolute Gasteiger partial charge is 0.374 e. The van der Waals surface area contributed by atoms with Crippen LogP contribution in [0.25, 0.3) is 0 Å². The van der Waals surface area contributed by atoms with Crippen molar-refractivity contribution in [3.63, 3.8) is 0 Å². The van der Waals surface area contributed by atoms with Gasteiger partial charge in [0.1, 0.15) is 0 Å². The summed E-state index contributed by atoms with van der Waals surface area (Å²) in [5, 5.41) is 0. The molecule has 0 bridgehead atoms. The first-order valence-electron chi connectivity index (χ1n) is 7.01. The van der Waals surface area contributed by atoms with Crippen molar-refractivity contribution in [2.75, 3.05) is 6.61 Å². The molecule has 0 spiro atoms. The van der Waals surface area contributed by atoms with Crippen molar-refractivity contribution >= 4 is 5.78 Å². The number of rotatable bonds is 5. The molecular weight excluding hydrogens is 236 g/mol. The average molecular weight is 258 g/mol. The predicted octanol–water partition coefficient (Wildman–Crippen LogP) is 4.08. The monoisotopic (exact) mass is 258 g/mol. The van der Waals surface area contributed by atoms with E-state index in [-0.39, 0.29) is 17.3 Å². The molecule has 0 N–H and O–H groups in total. The minimum atomic E-state index is 0.0591. The van der Waals surface area contributed by atoms with E-state index in [4.69, 9.17) is 4.74 Å². The summed E-state index contributed by atoms with van der Waals surface area (Å²) in [6.45, 7) is 4.95. The first-order chi connectivity index (χ1) is 9.13. The van der Waals surface area contributed by atoms with Gasteiger partial charge in [-0.2, -0.15) is 0 Å². The number of ketones is 1. The van der Waals surface area contributed by atoms with Gasteiger partial charge < -0.3 is 4.74 Å². The number of carbonyl (C=O) groups excluding carboxylic acids is 1. The van der Waals surface area contributed by atoms with Crippen molar-refractivity contribution in [1.82, 2.24) is 0 Å². The van der Waals surface area contributed by atoms with Crippen LogP contribution in [0.2, 0.25) is 0 Å². The number of hydrogen-bond donors (Lipinski definition) is 0. The van der Waals surface area contributed by atoms with E-state index in [9.17, 15) is 4.79 Å². The molecule has 2 atom stereocenters. The summed E-state index contributed by atoms with van der Waals surface area (Å²) < 4.78 is 5.90. The van der Waals surface area contributed by atoms with E-state index in [0.29, 0.717) is 13.0 Å². The van der Waals surface area contributed by atoms with E-state index in [1.54, 1.807) is 6.08 Å². The Labute approximate surface area is 115 Å². The van der Waals surface area contributed by atoms with Crippen molar-refractivity contribution in [2.24, 2.45) is 5.41 Å². The van der Waals surface area contributed by atoms with E-state index in [1.165, 1.54) is 5.56 Å². The van der Waals surface area contributed by atoms with Gasteiger partial charge in [-0.25, -0.2) is 0 Å². The molecule has 1 aromatic carbocycles. The number of allylic oxidation sites excluding steroid dienone is 2. The summed E-state index contributed by atoms with van der Waals surface area (Å²) in [5.41, 5.74) is 1.28. The van der Waals surface area contributed by atoms with Crippen LogP contribution in [-0.2, 0) is 9.53 Å². The molecule has 1 aromatic rings. The molecule has 0 unspecified atom stereocenters. The summed E-state index contributed by atoms with van der Waals surface area (Å²) in [6.07, 6.45) is 6.40. The van der Waals surface area contributed by atoms with E-state index in [2.05, 4.69) is 25.1 Å². The van der Waals surface area contributed by atoms with Gasteiger partial charge in [0.15, 0.2) is 5.78 Å². The molecule has 19 heavy (non-hydrogen) atoms. The van der Waals surface area contributed by atoms with Gasteiger partial charge in [0, 0.05) is 13.0 Å². The Morgan fingerprint density at radius 3 is 2.63 bits per heavy atom. The van der Waals surface area contributed by atoms with Crippen molar-refractivity contribution in [3.8, 4) is 0 Å². The average Bonchev–Trinajstić information content (AvgIpc) is 2.43. The lowest BCUT2D eigenvalue weighted by Crippen LogP contribution is -2.23. The Morgan fingerprint density at radius 2 is 2.05 bits per heavy atom. The van der Waals surface area contributed by atoms with Crippen molar-refractivity contribution in [1.29, 1.82) is 0 Å². The predicted molar refractivity (Wildman–Crippen MR) is 76.9 cm³/mol. The number of benzene rings is 1. The van der Waals surface area contributed by atoms with Crippen LogP contribution in [0.5, 0.6) is 0 Å². The molecule has 0 aromatic heterocycles. The van der Waals surface area contributed by atoms with Gasteiger partial charge in [0.2, 0.25) is 0 Å². The van der Waals surface area contributed by atoms with Crippen LogP contribution in [0.4, 0.5) is 0 Å². The zero-order chi connectivity index (χ0) is 13.7. The zero-order valence-corrected chi connectivity index (χ0v) is 11.8. The van der Waals surface area contributed by atoms with Gasteiger partial charge in [-0.1, -0.05) is 43.3 Å². The lowest BCUT2D eigenvalue weighted by molar-refractivity contribution is -0.115. The van der Waals surface area contributed by atoms with Crippen molar-refractivity contribution < 1.29 is 9.53 Å².